The zero-order valence-corrected chi connectivity index (χ0v) is 16.9. The Bertz CT molecular complexity index is 896. The molecule has 1 atom stereocenters. The number of Topliss-reactive ketones (excluding diaryl/α,β-unsaturated/α-hetero) is 1. The van der Waals surface area contributed by atoms with Crippen LogP contribution in [0.15, 0.2) is 39.8 Å². The van der Waals surface area contributed by atoms with E-state index in [1.165, 1.54) is 24.3 Å². The number of nitrogens with zero attached hydrogens (tertiary/aromatic N) is 3. The van der Waals surface area contributed by atoms with Gasteiger partial charge in [-0.2, -0.15) is 13.2 Å². The number of aromatic nitrogens is 1. The maximum Gasteiger partial charge on any atom is 0.446 e. The molecule has 0 N–H and O–H groups in total. The Morgan fingerprint density at radius 3 is 2.52 bits per heavy atom. The molecule has 156 valence electrons. The number of carbonyl (C=O) groups excluding carboxylic acids is 2. The lowest BCUT2D eigenvalue weighted by atomic mass is 9.90. The third-order valence-electron chi connectivity index (χ3n) is 4.94. The molecule has 1 aromatic heterocycles. The van der Waals surface area contributed by atoms with Gasteiger partial charge in [0.15, 0.2) is 6.29 Å². The minimum atomic E-state index is -4.38. The molecule has 3 rings (SSSR count). The summed E-state index contributed by atoms with van der Waals surface area (Å²) in [6.07, 6.45) is 0.289. The van der Waals surface area contributed by atoms with E-state index in [0.717, 1.165) is 0 Å². The fraction of sp³-hybridized carbons (Fsp3) is 0.421. The Hall–Kier alpha value is -2.33. The van der Waals surface area contributed by atoms with Crippen LogP contribution in [0.4, 0.5) is 18.9 Å². The van der Waals surface area contributed by atoms with E-state index in [2.05, 4.69) is 5.16 Å². The van der Waals surface area contributed by atoms with E-state index in [9.17, 15) is 22.8 Å². The highest BCUT2D eigenvalue weighted by Crippen LogP contribution is 2.39. The van der Waals surface area contributed by atoms with Crippen LogP contribution in [0.2, 0.25) is 0 Å². The second-order valence-corrected chi connectivity index (χ2v) is 8.49. The third-order valence-corrected chi connectivity index (χ3v) is 5.68. The summed E-state index contributed by atoms with van der Waals surface area (Å²) in [6, 6.07) is 6.77. The van der Waals surface area contributed by atoms with Gasteiger partial charge >= 0.3 is 5.51 Å². The van der Waals surface area contributed by atoms with E-state index in [0.29, 0.717) is 30.4 Å². The third kappa shape index (κ3) is 4.64. The number of hydrogen-bond acceptors (Lipinski definition) is 7. The van der Waals surface area contributed by atoms with Crippen molar-refractivity contribution in [3.05, 3.63) is 41.8 Å². The molecule has 2 aromatic rings. The number of ketones is 1. The van der Waals surface area contributed by atoms with E-state index in [1.54, 1.807) is 17.9 Å². The molecule has 2 heterocycles. The molecule has 1 aliphatic rings. The van der Waals surface area contributed by atoms with Crippen LogP contribution >= 0.6 is 11.8 Å². The molecular formula is C19H20F3N3O3S. The Labute approximate surface area is 170 Å². The van der Waals surface area contributed by atoms with Crippen LogP contribution in [-0.4, -0.2) is 45.9 Å². The van der Waals surface area contributed by atoms with Gasteiger partial charge in [0, 0.05) is 28.7 Å². The minimum absolute atomic E-state index is 0.0490. The van der Waals surface area contributed by atoms with Crippen molar-refractivity contribution in [1.29, 1.82) is 0 Å². The molecule has 1 saturated heterocycles. The Balaban J connectivity index is 1.89. The quantitative estimate of drug-likeness (QED) is 0.395. The molecule has 0 amide bonds. The van der Waals surface area contributed by atoms with Crippen molar-refractivity contribution in [2.45, 2.75) is 49.3 Å². The summed E-state index contributed by atoms with van der Waals surface area (Å²) in [5, 5.41) is 3.98. The highest BCUT2D eigenvalue weighted by Gasteiger charge is 2.50. The number of hydrogen-bond donors (Lipinski definition) is 0. The standard InChI is InChI=1S/C19H20F3N3O3S/c1-12-8-13(23-28-12)9-24-11-25(17(16(27)10-26)18(24,2)3)14-4-6-15(7-5-14)29-19(20,21)22/h4-8,10,17H,9,11H2,1-3H3. The first kappa shape index (κ1) is 21.4. The van der Waals surface area contributed by atoms with Gasteiger partial charge in [-0.1, -0.05) is 5.16 Å². The average molecular weight is 427 g/mol. The van der Waals surface area contributed by atoms with Crippen molar-refractivity contribution in [1.82, 2.24) is 10.1 Å². The number of carbonyl (C=O) groups is 2. The van der Waals surface area contributed by atoms with Crippen LogP contribution in [0, 0.1) is 6.92 Å². The van der Waals surface area contributed by atoms with E-state index in [1.807, 2.05) is 18.7 Å². The first-order valence-corrected chi connectivity index (χ1v) is 9.61. The molecule has 1 aliphatic heterocycles. The highest BCUT2D eigenvalue weighted by atomic mass is 32.2. The maximum atomic E-state index is 12.6. The van der Waals surface area contributed by atoms with E-state index in [4.69, 9.17) is 4.52 Å². The fourth-order valence-electron chi connectivity index (χ4n) is 3.58. The van der Waals surface area contributed by atoms with Crippen molar-refractivity contribution in [2.75, 3.05) is 11.6 Å². The van der Waals surface area contributed by atoms with Gasteiger partial charge < -0.3 is 9.42 Å². The summed E-state index contributed by atoms with van der Waals surface area (Å²) in [5.41, 5.74) is -3.85. The summed E-state index contributed by atoms with van der Waals surface area (Å²) in [6.45, 7) is 6.16. The number of anilines is 1. The van der Waals surface area contributed by atoms with Crippen LogP contribution in [0.3, 0.4) is 0 Å². The van der Waals surface area contributed by atoms with Gasteiger partial charge in [-0.25, -0.2) is 0 Å². The van der Waals surface area contributed by atoms with Crippen LogP contribution in [0.25, 0.3) is 0 Å². The van der Waals surface area contributed by atoms with E-state index in [-0.39, 0.29) is 22.9 Å². The summed E-state index contributed by atoms with van der Waals surface area (Å²) in [4.78, 5) is 27.5. The lowest BCUT2D eigenvalue weighted by Crippen LogP contribution is -2.51. The zero-order valence-electron chi connectivity index (χ0n) is 16.1. The normalized spacial score (nSPS) is 19.5. The zero-order chi connectivity index (χ0) is 21.4. The topological polar surface area (TPSA) is 66.7 Å². The predicted octanol–water partition coefficient (Wildman–Crippen LogP) is 3.79. The van der Waals surface area contributed by atoms with Crippen molar-refractivity contribution < 1.29 is 27.3 Å². The van der Waals surface area contributed by atoms with Gasteiger partial charge in [-0.15, -0.1) is 0 Å². The molecule has 1 unspecified atom stereocenters. The van der Waals surface area contributed by atoms with Crippen molar-refractivity contribution in [3.8, 4) is 0 Å². The maximum absolute atomic E-state index is 12.6. The fourth-order valence-corrected chi connectivity index (χ4v) is 4.12. The van der Waals surface area contributed by atoms with E-state index < -0.39 is 22.9 Å². The second kappa shape index (κ2) is 7.83. The van der Waals surface area contributed by atoms with Crippen LogP contribution in [0.5, 0.6) is 0 Å². The Kier molecular flexibility index (Phi) is 5.77. The Morgan fingerprint density at radius 2 is 2.00 bits per heavy atom. The van der Waals surface area contributed by atoms with Gasteiger partial charge in [-0.05, 0) is 56.8 Å². The van der Waals surface area contributed by atoms with Gasteiger partial charge in [0.05, 0.1) is 12.4 Å². The molecule has 1 fully saturated rings. The first-order valence-electron chi connectivity index (χ1n) is 8.80. The molecule has 0 radical (unpaired) electrons. The molecule has 6 nitrogen and oxygen atoms in total. The summed E-state index contributed by atoms with van der Waals surface area (Å²) >= 11 is -0.203. The number of thioether (sulfide) groups is 1. The predicted molar refractivity (Wildman–Crippen MR) is 101 cm³/mol. The highest BCUT2D eigenvalue weighted by molar-refractivity contribution is 8.00. The molecule has 10 heteroatoms. The van der Waals surface area contributed by atoms with E-state index >= 15 is 0 Å². The molecule has 0 saturated carbocycles. The summed E-state index contributed by atoms with van der Waals surface area (Å²) in [5.74, 6) is 0.0645. The van der Waals surface area contributed by atoms with Crippen LogP contribution in [0.1, 0.15) is 25.3 Å². The van der Waals surface area contributed by atoms with Gasteiger partial charge in [0.1, 0.15) is 11.8 Å². The Morgan fingerprint density at radius 1 is 1.34 bits per heavy atom. The molecule has 0 aliphatic carbocycles. The van der Waals surface area contributed by atoms with Crippen molar-refractivity contribution in [2.24, 2.45) is 0 Å². The number of benzene rings is 1. The largest absolute Gasteiger partial charge is 0.446 e. The molecule has 0 spiro atoms. The van der Waals surface area contributed by atoms with Crippen molar-refractivity contribution in [3.63, 3.8) is 0 Å². The summed E-state index contributed by atoms with van der Waals surface area (Å²) < 4.78 is 42.8. The minimum Gasteiger partial charge on any atom is -0.361 e. The van der Waals surface area contributed by atoms with Gasteiger partial charge in [0.25, 0.3) is 0 Å². The lowest BCUT2D eigenvalue weighted by Gasteiger charge is -2.33. The number of alkyl halides is 3. The van der Waals surface area contributed by atoms with Crippen LogP contribution < -0.4 is 4.90 Å². The first-order chi connectivity index (χ1) is 13.5. The number of rotatable bonds is 6. The SMILES string of the molecule is Cc1cc(CN2CN(c3ccc(SC(F)(F)F)cc3)C(C(=O)C=O)C2(C)C)no1. The number of aldehydes is 1. The van der Waals surface area contributed by atoms with Gasteiger partial charge in [-0.3, -0.25) is 14.5 Å². The number of aryl methyl sites for hydroxylation is 1. The van der Waals surface area contributed by atoms with Crippen LogP contribution in [-0.2, 0) is 16.1 Å². The molecular weight excluding hydrogens is 407 g/mol. The summed E-state index contributed by atoms with van der Waals surface area (Å²) in [7, 11) is 0. The van der Waals surface area contributed by atoms with Crippen molar-refractivity contribution >= 4 is 29.5 Å². The number of halogens is 3. The molecule has 1 aromatic carbocycles. The lowest BCUT2D eigenvalue weighted by molar-refractivity contribution is -0.131. The monoisotopic (exact) mass is 427 g/mol. The smallest absolute Gasteiger partial charge is 0.361 e. The van der Waals surface area contributed by atoms with Gasteiger partial charge in [0.2, 0.25) is 5.78 Å². The second-order valence-electron chi connectivity index (χ2n) is 7.36. The molecule has 29 heavy (non-hydrogen) atoms. The molecule has 0 bridgehead atoms. The average Bonchev–Trinajstić information content (AvgIpc) is 3.14.